The summed E-state index contributed by atoms with van der Waals surface area (Å²) in [7, 11) is 0. The molecule has 1 aromatic carbocycles. The fourth-order valence-corrected chi connectivity index (χ4v) is 2.87. The van der Waals surface area contributed by atoms with Gasteiger partial charge in [-0.3, -0.25) is 0 Å². The standard InChI is InChI=1S/C16H18N6/c1-2-4-13(5-3-1)22-16-14(10-21-22)15(19-11-20-16)18-9-12-6-7-17-8-12/h1-5,10-12,17H,6-9H2,(H,18,19,20). The quantitative estimate of drug-likeness (QED) is 0.768. The van der Waals surface area contributed by atoms with Crippen molar-refractivity contribution < 1.29 is 0 Å². The molecule has 112 valence electrons. The van der Waals surface area contributed by atoms with Crippen LogP contribution in [0.5, 0.6) is 0 Å². The van der Waals surface area contributed by atoms with Crippen LogP contribution >= 0.6 is 0 Å². The second kappa shape index (κ2) is 5.73. The Labute approximate surface area is 128 Å². The molecule has 6 heteroatoms. The Balaban J connectivity index is 1.65. The normalized spacial score (nSPS) is 17.9. The summed E-state index contributed by atoms with van der Waals surface area (Å²) in [6.45, 7) is 3.11. The molecule has 1 aliphatic heterocycles. The van der Waals surface area contributed by atoms with Crippen molar-refractivity contribution in [1.82, 2.24) is 25.1 Å². The number of aromatic nitrogens is 4. The molecule has 2 aromatic heterocycles. The molecule has 3 aromatic rings. The van der Waals surface area contributed by atoms with Gasteiger partial charge in [-0.25, -0.2) is 14.6 Å². The van der Waals surface area contributed by atoms with Gasteiger partial charge in [-0.1, -0.05) is 18.2 Å². The van der Waals surface area contributed by atoms with Gasteiger partial charge in [0.25, 0.3) is 0 Å². The number of nitrogens with zero attached hydrogens (tertiary/aromatic N) is 4. The van der Waals surface area contributed by atoms with Gasteiger partial charge >= 0.3 is 0 Å². The summed E-state index contributed by atoms with van der Waals surface area (Å²) < 4.78 is 1.85. The van der Waals surface area contributed by atoms with Crippen LogP contribution in [-0.4, -0.2) is 39.4 Å². The minimum Gasteiger partial charge on any atom is -0.369 e. The van der Waals surface area contributed by atoms with Crippen LogP contribution in [0.4, 0.5) is 5.82 Å². The summed E-state index contributed by atoms with van der Waals surface area (Å²) in [4.78, 5) is 8.77. The summed E-state index contributed by atoms with van der Waals surface area (Å²) in [5, 5.41) is 12.3. The molecule has 1 atom stereocenters. The van der Waals surface area contributed by atoms with Crippen LogP contribution in [0.3, 0.4) is 0 Å². The van der Waals surface area contributed by atoms with Gasteiger partial charge < -0.3 is 10.6 Å². The van der Waals surface area contributed by atoms with Gasteiger partial charge in [0.05, 0.1) is 17.3 Å². The van der Waals surface area contributed by atoms with Crippen molar-refractivity contribution in [2.24, 2.45) is 5.92 Å². The molecule has 3 heterocycles. The monoisotopic (exact) mass is 294 g/mol. The molecule has 0 saturated carbocycles. The van der Waals surface area contributed by atoms with Gasteiger partial charge in [0.2, 0.25) is 0 Å². The van der Waals surface area contributed by atoms with Gasteiger partial charge in [-0.2, -0.15) is 5.10 Å². The van der Waals surface area contributed by atoms with Crippen molar-refractivity contribution in [2.45, 2.75) is 6.42 Å². The Morgan fingerprint density at radius 3 is 2.95 bits per heavy atom. The van der Waals surface area contributed by atoms with Crippen molar-refractivity contribution in [1.29, 1.82) is 0 Å². The van der Waals surface area contributed by atoms with Gasteiger partial charge in [-0.15, -0.1) is 0 Å². The number of nitrogens with one attached hydrogen (secondary N) is 2. The van der Waals surface area contributed by atoms with Crippen LogP contribution in [0.1, 0.15) is 6.42 Å². The van der Waals surface area contributed by atoms with Crippen molar-refractivity contribution >= 4 is 16.9 Å². The second-order valence-corrected chi connectivity index (χ2v) is 5.59. The average molecular weight is 294 g/mol. The molecular formula is C16H18N6. The molecule has 0 amide bonds. The SMILES string of the molecule is c1ccc(-n2ncc3c(NCC4CCNC4)ncnc32)cc1. The lowest BCUT2D eigenvalue weighted by atomic mass is 10.1. The summed E-state index contributed by atoms with van der Waals surface area (Å²) in [5.41, 5.74) is 1.83. The molecule has 1 fully saturated rings. The van der Waals surface area contributed by atoms with Crippen molar-refractivity contribution in [2.75, 3.05) is 25.0 Å². The maximum absolute atomic E-state index is 4.47. The molecule has 6 nitrogen and oxygen atoms in total. The molecule has 0 aliphatic carbocycles. The van der Waals surface area contributed by atoms with Gasteiger partial charge in [0.15, 0.2) is 5.65 Å². The zero-order chi connectivity index (χ0) is 14.8. The molecule has 1 unspecified atom stereocenters. The molecule has 2 N–H and O–H groups in total. The third-order valence-electron chi connectivity index (χ3n) is 4.09. The summed E-state index contributed by atoms with van der Waals surface area (Å²) in [6, 6.07) is 10.0. The zero-order valence-corrected chi connectivity index (χ0v) is 12.2. The Hall–Kier alpha value is -2.47. The number of anilines is 1. The van der Waals surface area contributed by atoms with Gasteiger partial charge in [0.1, 0.15) is 12.1 Å². The fraction of sp³-hybridized carbons (Fsp3) is 0.312. The Kier molecular flexibility index (Phi) is 3.44. The maximum Gasteiger partial charge on any atom is 0.168 e. The summed E-state index contributed by atoms with van der Waals surface area (Å²) in [5.74, 6) is 1.52. The van der Waals surface area contributed by atoms with Crippen LogP contribution in [0.15, 0.2) is 42.9 Å². The Bertz CT molecular complexity index is 761. The molecular weight excluding hydrogens is 276 g/mol. The first-order valence-corrected chi connectivity index (χ1v) is 7.60. The third-order valence-corrected chi connectivity index (χ3v) is 4.09. The number of hydrogen-bond donors (Lipinski definition) is 2. The first-order valence-electron chi connectivity index (χ1n) is 7.60. The topological polar surface area (TPSA) is 67.7 Å². The number of para-hydroxylation sites is 1. The number of fused-ring (bicyclic) bond motifs is 1. The summed E-state index contributed by atoms with van der Waals surface area (Å²) >= 11 is 0. The van der Waals surface area contributed by atoms with E-state index in [0.717, 1.165) is 42.2 Å². The van der Waals surface area contributed by atoms with Crippen molar-refractivity contribution in [3.8, 4) is 5.69 Å². The molecule has 0 spiro atoms. The molecule has 0 bridgehead atoms. The van der Waals surface area contributed by atoms with Crippen LogP contribution < -0.4 is 10.6 Å². The van der Waals surface area contributed by atoms with E-state index in [1.54, 1.807) is 6.33 Å². The minimum atomic E-state index is 0.661. The number of hydrogen-bond acceptors (Lipinski definition) is 5. The van der Waals surface area contributed by atoms with E-state index in [9.17, 15) is 0 Å². The molecule has 22 heavy (non-hydrogen) atoms. The molecule has 1 aliphatic rings. The lowest BCUT2D eigenvalue weighted by Crippen LogP contribution is -2.17. The molecule has 1 saturated heterocycles. The van der Waals surface area contributed by atoms with Crippen LogP contribution in [0, 0.1) is 5.92 Å². The third kappa shape index (κ3) is 2.42. The zero-order valence-electron chi connectivity index (χ0n) is 12.2. The molecule has 4 rings (SSSR count). The highest BCUT2D eigenvalue weighted by Crippen LogP contribution is 2.22. The maximum atomic E-state index is 4.47. The van der Waals surface area contributed by atoms with Gasteiger partial charge in [0, 0.05) is 6.54 Å². The Morgan fingerprint density at radius 2 is 2.14 bits per heavy atom. The van der Waals surface area contributed by atoms with E-state index < -0.39 is 0 Å². The first kappa shape index (κ1) is 13.2. The fourth-order valence-electron chi connectivity index (χ4n) is 2.87. The molecule has 0 radical (unpaired) electrons. The van der Waals surface area contributed by atoms with Gasteiger partial charge in [-0.05, 0) is 37.6 Å². The Morgan fingerprint density at radius 1 is 1.23 bits per heavy atom. The summed E-state index contributed by atoms with van der Waals surface area (Å²) in [6.07, 6.45) is 4.64. The second-order valence-electron chi connectivity index (χ2n) is 5.59. The highest BCUT2D eigenvalue weighted by Gasteiger charge is 2.16. The van der Waals surface area contributed by atoms with E-state index in [4.69, 9.17) is 0 Å². The van der Waals surface area contributed by atoms with Crippen LogP contribution in [0.25, 0.3) is 16.7 Å². The highest BCUT2D eigenvalue weighted by atomic mass is 15.3. The van der Waals surface area contributed by atoms with E-state index in [2.05, 4.69) is 25.7 Å². The largest absolute Gasteiger partial charge is 0.369 e. The van der Waals surface area contributed by atoms with E-state index in [1.165, 1.54) is 6.42 Å². The van der Waals surface area contributed by atoms with E-state index in [-0.39, 0.29) is 0 Å². The minimum absolute atomic E-state index is 0.661. The van der Waals surface area contributed by atoms with Crippen molar-refractivity contribution in [3.05, 3.63) is 42.9 Å². The first-order chi connectivity index (χ1) is 10.9. The highest BCUT2D eigenvalue weighted by molar-refractivity contribution is 5.87. The van der Waals surface area contributed by atoms with Crippen LogP contribution in [-0.2, 0) is 0 Å². The number of rotatable bonds is 4. The number of benzene rings is 1. The predicted molar refractivity (Wildman–Crippen MR) is 86.1 cm³/mol. The van der Waals surface area contributed by atoms with E-state index in [0.29, 0.717) is 5.92 Å². The lowest BCUT2D eigenvalue weighted by Gasteiger charge is -2.11. The average Bonchev–Trinajstić information content (AvgIpc) is 3.23. The predicted octanol–water partition coefficient (Wildman–Crippen LogP) is 1.84. The van der Waals surface area contributed by atoms with E-state index >= 15 is 0 Å². The lowest BCUT2D eigenvalue weighted by molar-refractivity contribution is 0.614. The smallest absolute Gasteiger partial charge is 0.168 e. The van der Waals surface area contributed by atoms with Crippen LogP contribution in [0.2, 0.25) is 0 Å². The van der Waals surface area contributed by atoms with Crippen molar-refractivity contribution in [3.63, 3.8) is 0 Å². The van der Waals surface area contributed by atoms with E-state index in [1.807, 2.05) is 41.2 Å².